The Bertz CT molecular complexity index is 1520. The number of rotatable bonds is 8. The van der Waals surface area contributed by atoms with Crippen LogP contribution in [0.4, 0.5) is 19.0 Å². The van der Waals surface area contributed by atoms with Crippen LogP contribution in [0.25, 0.3) is 5.82 Å². The first-order chi connectivity index (χ1) is 18.7. The smallest absolute Gasteiger partial charge is 0.397 e. The van der Waals surface area contributed by atoms with Gasteiger partial charge in [-0.15, -0.1) is 5.10 Å². The average Bonchev–Trinajstić information content (AvgIpc) is 3.46. The number of carbonyl (C=O) groups is 1. The monoisotopic (exact) mass is 611 g/mol. The molecule has 1 aliphatic heterocycles. The van der Waals surface area contributed by atoms with Crippen molar-refractivity contribution in [2.75, 3.05) is 18.1 Å². The van der Waals surface area contributed by atoms with Gasteiger partial charge in [-0.3, -0.25) is 4.79 Å². The van der Waals surface area contributed by atoms with Crippen LogP contribution in [0.2, 0.25) is 0 Å². The third-order valence-electron chi connectivity index (χ3n) is 7.46. The van der Waals surface area contributed by atoms with Crippen molar-refractivity contribution in [3.05, 3.63) is 60.3 Å². The predicted octanol–water partition coefficient (Wildman–Crippen LogP) is 4.84. The van der Waals surface area contributed by atoms with Crippen molar-refractivity contribution in [3.63, 3.8) is 0 Å². The second-order valence-corrected chi connectivity index (χ2v) is 12.9. The van der Waals surface area contributed by atoms with Gasteiger partial charge in [-0.2, -0.15) is 26.7 Å². The minimum atomic E-state index is -4.34. The van der Waals surface area contributed by atoms with E-state index in [1.807, 2.05) is 18.7 Å². The number of sulfonamides is 1. The highest BCUT2D eigenvalue weighted by Gasteiger charge is 2.64. The van der Waals surface area contributed by atoms with Gasteiger partial charge in [0.15, 0.2) is 5.82 Å². The number of amides is 1. The number of nitrogens with zero attached hydrogens (tertiary/aromatic N) is 4. The maximum atomic E-state index is 13.3. The standard InChI is InChI=1S/C27H30F3N5O4S.H2S/c1-18-15-25(2,3)34(16-18)23-20(24(36)33-40(37,38)19-7-5-4-6-8-19)9-10-21(31-23)35-14-11-22(32-35)39-17-26(12-13-26)27(28,29)30;/h4-11,14,18H,12-13,15-17H2,1-3H3,(H,33,36);1H2/t18-;/m0./s1. The number of alkyl halides is 3. The summed E-state index contributed by atoms with van der Waals surface area (Å²) in [6.07, 6.45) is -1.96. The molecule has 0 unspecified atom stereocenters. The van der Waals surface area contributed by atoms with Crippen molar-refractivity contribution in [1.29, 1.82) is 0 Å². The van der Waals surface area contributed by atoms with Crippen molar-refractivity contribution in [1.82, 2.24) is 19.5 Å². The Hall–Kier alpha value is -3.26. The largest absolute Gasteiger partial charge is 0.476 e. The molecule has 1 atom stereocenters. The van der Waals surface area contributed by atoms with Crippen molar-refractivity contribution < 1.29 is 31.1 Å². The SMILES string of the molecule is C[C@@H]1CN(c2nc(-n3ccc(OCC4(C(F)(F)F)CC4)n3)ccc2C(=O)NS(=O)(=O)c2ccccc2)C(C)(C)C1.S. The van der Waals surface area contributed by atoms with Crippen LogP contribution in [0.1, 0.15) is 50.4 Å². The van der Waals surface area contributed by atoms with Gasteiger partial charge in [0.1, 0.15) is 17.8 Å². The molecule has 2 aliphatic rings. The summed E-state index contributed by atoms with van der Waals surface area (Å²) >= 11 is 0. The molecule has 14 heteroatoms. The van der Waals surface area contributed by atoms with E-state index in [1.54, 1.807) is 18.2 Å². The molecule has 2 aromatic heterocycles. The normalized spacial score (nSPS) is 19.4. The third-order valence-corrected chi connectivity index (χ3v) is 8.81. The molecular formula is C27H32F3N5O4S2. The Morgan fingerprint density at radius 1 is 1.12 bits per heavy atom. The lowest BCUT2D eigenvalue weighted by atomic mass is 9.97. The van der Waals surface area contributed by atoms with Crippen LogP contribution in [0.3, 0.4) is 0 Å². The number of aromatic nitrogens is 3. The lowest BCUT2D eigenvalue weighted by molar-refractivity contribution is -0.194. The molecule has 9 nitrogen and oxygen atoms in total. The molecule has 1 aromatic carbocycles. The maximum Gasteiger partial charge on any atom is 0.397 e. The van der Waals surface area contributed by atoms with Gasteiger partial charge < -0.3 is 9.64 Å². The molecule has 2 fully saturated rings. The second-order valence-electron chi connectivity index (χ2n) is 11.2. The minimum absolute atomic E-state index is 0. The zero-order valence-electron chi connectivity index (χ0n) is 22.8. The Kier molecular flexibility index (Phi) is 8.13. The Balaban J connectivity index is 0.00000387. The molecule has 1 aliphatic carbocycles. The molecule has 41 heavy (non-hydrogen) atoms. The molecule has 0 bridgehead atoms. The summed E-state index contributed by atoms with van der Waals surface area (Å²) < 4.78 is 74.4. The van der Waals surface area contributed by atoms with E-state index < -0.39 is 34.1 Å². The predicted molar refractivity (Wildman–Crippen MR) is 151 cm³/mol. The summed E-state index contributed by atoms with van der Waals surface area (Å²) in [7, 11) is -4.13. The van der Waals surface area contributed by atoms with Crippen LogP contribution in [0.5, 0.6) is 5.88 Å². The summed E-state index contributed by atoms with van der Waals surface area (Å²) in [5.74, 6) is 0.0427. The maximum absolute atomic E-state index is 13.3. The van der Waals surface area contributed by atoms with Crippen LogP contribution in [-0.4, -0.2) is 54.0 Å². The van der Waals surface area contributed by atoms with Crippen LogP contribution in [0, 0.1) is 11.3 Å². The first-order valence-corrected chi connectivity index (χ1v) is 14.4. The van der Waals surface area contributed by atoms with Crippen LogP contribution >= 0.6 is 13.5 Å². The number of carbonyl (C=O) groups excluding carboxylic acids is 1. The van der Waals surface area contributed by atoms with Gasteiger partial charge in [-0.25, -0.2) is 22.8 Å². The topological polar surface area (TPSA) is 106 Å². The average molecular weight is 612 g/mol. The van der Waals surface area contributed by atoms with Crippen LogP contribution in [0.15, 0.2) is 59.6 Å². The number of pyridine rings is 1. The number of halogens is 3. The lowest BCUT2D eigenvalue weighted by Crippen LogP contribution is -2.41. The van der Waals surface area contributed by atoms with Crippen molar-refractivity contribution in [3.8, 4) is 11.7 Å². The summed E-state index contributed by atoms with van der Waals surface area (Å²) in [5.41, 5.74) is -2.14. The van der Waals surface area contributed by atoms with E-state index in [-0.39, 0.29) is 60.0 Å². The zero-order valence-corrected chi connectivity index (χ0v) is 24.6. The van der Waals surface area contributed by atoms with E-state index in [4.69, 9.17) is 4.74 Å². The third kappa shape index (κ3) is 6.17. The number of ether oxygens (including phenoxy) is 1. The molecule has 0 radical (unpaired) electrons. The summed E-state index contributed by atoms with van der Waals surface area (Å²) in [6, 6.07) is 12.0. The van der Waals surface area contributed by atoms with E-state index in [0.717, 1.165) is 6.42 Å². The van der Waals surface area contributed by atoms with Gasteiger partial charge in [0, 0.05) is 24.3 Å². The van der Waals surface area contributed by atoms with Gasteiger partial charge in [0.05, 0.1) is 10.5 Å². The number of anilines is 1. The fourth-order valence-corrected chi connectivity index (χ4v) is 6.12. The van der Waals surface area contributed by atoms with Crippen molar-refractivity contribution in [2.45, 2.75) is 56.6 Å². The fourth-order valence-electron chi connectivity index (χ4n) is 5.13. The zero-order chi connectivity index (χ0) is 28.9. The summed E-state index contributed by atoms with van der Waals surface area (Å²) in [5, 5.41) is 4.24. The Labute approximate surface area is 243 Å². The van der Waals surface area contributed by atoms with Crippen LogP contribution in [-0.2, 0) is 10.0 Å². The molecule has 222 valence electrons. The van der Waals surface area contributed by atoms with E-state index in [1.165, 1.54) is 41.2 Å². The van der Waals surface area contributed by atoms with Gasteiger partial charge in [-0.05, 0) is 63.3 Å². The minimum Gasteiger partial charge on any atom is -0.476 e. The quantitative estimate of drug-likeness (QED) is 0.388. The lowest BCUT2D eigenvalue weighted by Gasteiger charge is -2.34. The molecule has 3 aromatic rings. The molecule has 3 heterocycles. The highest BCUT2D eigenvalue weighted by atomic mass is 32.2. The summed E-state index contributed by atoms with van der Waals surface area (Å²) in [6.45, 7) is 6.18. The second kappa shape index (κ2) is 10.9. The number of nitrogens with one attached hydrogen (secondary N) is 1. The van der Waals surface area contributed by atoms with E-state index >= 15 is 0 Å². The molecule has 1 saturated heterocycles. The van der Waals surface area contributed by atoms with E-state index in [0.29, 0.717) is 12.4 Å². The fraction of sp³-hybridized carbons (Fsp3) is 0.444. The van der Waals surface area contributed by atoms with E-state index in [2.05, 4.69) is 21.7 Å². The van der Waals surface area contributed by atoms with Gasteiger partial charge in [0.25, 0.3) is 15.9 Å². The van der Waals surface area contributed by atoms with Crippen molar-refractivity contribution in [2.24, 2.45) is 11.3 Å². The highest BCUT2D eigenvalue weighted by Crippen LogP contribution is 2.57. The van der Waals surface area contributed by atoms with Gasteiger partial charge in [0.2, 0.25) is 5.88 Å². The first-order valence-electron chi connectivity index (χ1n) is 12.9. The molecule has 5 rings (SSSR count). The number of benzene rings is 1. The first kappa shape index (κ1) is 30.7. The number of hydrogen-bond donors (Lipinski definition) is 1. The van der Waals surface area contributed by atoms with Gasteiger partial charge in [-0.1, -0.05) is 25.1 Å². The summed E-state index contributed by atoms with van der Waals surface area (Å²) in [4.78, 5) is 19.9. The molecular weight excluding hydrogens is 579 g/mol. The van der Waals surface area contributed by atoms with Crippen molar-refractivity contribution >= 4 is 35.2 Å². The molecule has 1 saturated carbocycles. The molecule has 0 spiro atoms. The Morgan fingerprint density at radius 3 is 2.39 bits per heavy atom. The Morgan fingerprint density at radius 2 is 1.80 bits per heavy atom. The van der Waals surface area contributed by atoms with Gasteiger partial charge >= 0.3 is 6.18 Å². The molecule has 1 N–H and O–H groups in total. The van der Waals surface area contributed by atoms with Crippen LogP contribution < -0.4 is 14.4 Å². The molecule has 1 amide bonds. The van der Waals surface area contributed by atoms with E-state index in [9.17, 15) is 26.4 Å². The highest BCUT2D eigenvalue weighted by molar-refractivity contribution is 7.90. The number of hydrogen-bond acceptors (Lipinski definition) is 7.